The van der Waals surface area contributed by atoms with Gasteiger partial charge in [0.05, 0.1) is 6.61 Å². The average molecular weight is 246 g/mol. The van der Waals surface area contributed by atoms with Crippen LogP contribution in [0.5, 0.6) is 0 Å². The van der Waals surface area contributed by atoms with Gasteiger partial charge in [0.15, 0.2) is 0 Å². The minimum absolute atomic E-state index is 0.144. The van der Waals surface area contributed by atoms with E-state index in [9.17, 15) is 9.90 Å². The molecule has 0 atom stereocenters. The van der Waals surface area contributed by atoms with E-state index in [1.807, 2.05) is 19.9 Å². The molecule has 3 heteroatoms. The Bertz CT molecular complexity index is 527. The number of aliphatic hydroxyl groups is 1. The van der Waals surface area contributed by atoms with E-state index in [0.717, 1.165) is 23.1 Å². The molecule has 0 amide bonds. The Balaban J connectivity index is 2.57. The van der Waals surface area contributed by atoms with Gasteiger partial charge in [0, 0.05) is 6.42 Å². The summed E-state index contributed by atoms with van der Waals surface area (Å²) in [5.74, 6) is -0.285. The van der Waals surface area contributed by atoms with Crippen LogP contribution >= 0.6 is 0 Å². The highest BCUT2D eigenvalue weighted by Crippen LogP contribution is 2.33. The van der Waals surface area contributed by atoms with Gasteiger partial charge in [-0.25, -0.2) is 4.79 Å². The Kier molecular flexibility index (Phi) is 3.41. The van der Waals surface area contributed by atoms with Gasteiger partial charge in [-0.2, -0.15) is 0 Å². The fourth-order valence-electron chi connectivity index (χ4n) is 2.51. The van der Waals surface area contributed by atoms with Crippen LogP contribution in [0, 0.1) is 13.8 Å². The topological polar surface area (TPSA) is 46.5 Å². The van der Waals surface area contributed by atoms with Gasteiger partial charge in [0.25, 0.3) is 0 Å². The lowest BCUT2D eigenvalue weighted by molar-refractivity contribution is -0.136. The van der Waals surface area contributed by atoms with Crippen molar-refractivity contribution in [2.45, 2.75) is 33.6 Å². The van der Waals surface area contributed by atoms with Gasteiger partial charge in [0.2, 0.25) is 0 Å². The Morgan fingerprint density at radius 2 is 2.06 bits per heavy atom. The predicted molar refractivity (Wildman–Crippen MR) is 70.4 cm³/mol. The fourth-order valence-corrected chi connectivity index (χ4v) is 2.51. The molecule has 96 valence electrons. The Hall–Kier alpha value is -1.77. The van der Waals surface area contributed by atoms with Crippen molar-refractivity contribution in [3.8, 4) is 0 Å². The molecule has 1 aromatic rings. The molecule has 0 radical (unpaired) electrons. The van der Waals surface area contributed by atoms with Gasteiger partial charge in [0.1, 0.15) is 11.3 Å². The van der Waals surface area contributed by atoms with Crippen LogP contribution in [0.25, 0.3) is 5.57 Å². The molecule has 0 aromatic heterocycles. The van der Waals surface area contributed by atoms with E-state index in [-0.39, 0.29) is 5.76 Å². The van der Waals surface area contributed by atoms with Crippen LogP contribution in [-0.4, -0.2) is 17.7 Å². The van der Waals surface area contributed by atoms with E-state index >= 15 is 0 Å². The molecule has 18 heavy (non-hydrogen) atoms. The predicted octanol–water partition coefficient (Wildman–Crippen LogP) is 3.08. The van der Waals surface area contributed by atoms with Gasteiger partial charge < -0.3 is 9.84 Å². The molecule has 1 aliphatic rings. The van der Waals surface area contributed by atoms with Crippen LogP contribution < -0.4 is 0 Å². The van der Waals surface area contributed by atoms with E-state index in [1.165, 1.54) is 5.56 Å². The highest BCUT2D eigenvalue weighted by atomic mass is 16.5. The van der Waals surface area contributed by atoms with Gasteiger partial charge in [-0.15, -0.1) is 0 Å². The maximum Gasteiger partial charge on any atom is 0.342 e. The monoisotopic (exact) mass is 246 g/mol. The average Bonchev–Trinajstić information content (AvgIpc) is 2.28. The van der Waals surface area contributed by atoms with Crippen molar-refractivity contribution in [2.75, 3.05) is 6.61 Å². The van der Waals surface area contributed by atoms with Crippen LogP contribution in [0.1, 0.15) is 35.6 Å². The van der Waals surface area contributed by atoms with E-state index in [4.69, 9.17) is 4.74 Å². The molecule has 0 saturated carbocycles. The lowest BCUT2D eigenvalue weighted by Crippen LogP contribution is -2.16. The molecule has 1 aliphatic carbocycles. The first-order valence-corrected chi connectivity index (χ1v) is 6.24. The summed E-state index contributed by atoms with van der Waals surface area (Å²) < 4.78 is 5.03. The molecular weight excluding hydrogens is 228 g/mol. The zero-order valence-corrected chi connectivity index (χ0v) is 11.0. The van der Waals surface area contributed by atoms with Gasteiger partial charge in [-0.3, -0.25) is 0 Å². The maximum atomic E-state index is 12.0. The summed E-state index contributed by atoms with van der Waals surface area (Å²) in [5.41, 5.74) is 4.56. The number of carbonyl (C=O) groups is 1. The van der Waals surface area contributed by atoms with Crippen LogP contribution in [0.3, 0.4) is 0 Å². The van der Waals surface area contributed by atoms with Crippen molar-refractivity contribution in [2.24, 2.45) is 0 Å². The maximum absolute atomic E-state index is 12.0. The Labute approximate surface area is 107 Å². The molecule has 0 saturated heterocycles. The van der Waals surface area contributed by atoms with E-state index in [0.29, 0.717) is 18.6 Å². The minimum Gasteiger partial charge on any atom is -0.511 e. The van der Waals surface area contributed by atoms with E-state index < -0.39 is 5.97 Å². The van der Waals surface area contributed by atoms with Crippen molar-refractivity contribution in [1.29, 1.82) is 0 Å². The van der Waals surface area contributed by atoms with Crippen LogP contribution in [0.2, 0.25) is 0 Å². The van der Waals surface area contributed by atoms with Gasteiger partial charge in [-0.1, -0.05) is 17.7 Å². The van der Waals surface area contributed by atoms with Crippen molar-refractivity contribution in [3.05, 3.63) is 40.1 Å². The number of esters is 1. The van der Waals surface area contributed by atoms with Gasteiger partial charge >= 0.3 is 5.97 Å². The van der Waals surface area contributed by atoms with Crippen LogP contribution in [0.4, 0.5) is 0 Å². The second-order valence-electron chi connectivity index (χ2n) is 4.65. The van der Waals surface area contributed by atoms with E-state index in [2.05, 4.69) is 6.07 Å². The van der Waals surface area contributed by atoms with Gasteiger partial charge in [-0.05, 0) is 43.9 Å². The highest BCUT2D eigenvalue weighted by Gasteiger charge is 2.26. The second-order valence-corrected chi connectivity index (χ2v) is 4.65. The molecule has 0 heterocycles. The first-order valence-electron chi connectivity index (χ1n) is 6.24. The first kappa shape index (κ1) is 12.7. The zero-order chi connectivity index (χ0) is 13.3. The molecule has 0 spiro atoms. The smallest absolute Gasteiger partial charge is 0.342 e. The Morgan fingerprint density at radius 3 is 2.72 bits per heavy atom. The lowest BCUT2D eigenvalue weighted by atomic mass is 9.85. The summed E-state index contributed by atoms with van der Waals surface area (Å²) in [6, 6.07) is 4.05. The summed E-state index contributed by atoms with van der Waals surface area (Å²) in [6.45, 7) is 6.11. The van der Waals surface area contributed by atoms with Crippen LogP contribution in [0.15, 0.2) is 17.9 Å². The standard InChI is InChI=1S/C15H18O3/c1-4-18-15(17)14-12-8-9(2)7-10(3)11(12)5-6-13(14)16/h7-8,16H,4-6H2,1-3H3. The van der Waals surface area contributed by atoms with Crippen molar-refractivity contribution in [1.82, 2.24) is 0 Å². The number of aliphatic hydroxyl groups excluding tert-OH is 1. The molecule has 3 nitrogen and oxygen atoms in total. The first-order chi connectivity index (χ1) is 8.54. The molecule has 0 fully saturated rings. The lowest BCUT2D eigenvalue weighted by Gasteiger charge is -2.21. The highest BCUT2D eigenvalue weighted by molar-refractivity contribution is 6.18. The third-order valence-electron chi connectivity index (χ3n) is 3.27. The van der Waals surface area contributed by atoms with Crippen molar-refractivity contribution >= 4 is 11.5 Å². The number of aryl methyl sites for hydroxylation is 2. The number of hydrogen-bond acceptors (Lipinski definition) is 3. The largest absolute Gasteiger partial charge is 0.511 e. The van der Waals surface area contributed by atoms with Crippen LogP contribution in [-0.2, 0) is 16.0 Å². The number of ether oxygens (including phenoxy) is 1. The fraction of sp³-hybridized carbons (Fsp3) is 0.400. The zero-order valence-electron chi connectivity index (χ0n) is 11.0. The summed E-state index contributed by atoms with van der Waals surface area (Å²) in [6.07, 6.45) is 1.28. The second kappa shape index (κ2) is 4.84. The minimum atomic E-state index is -0.430. The quantitative estimate of drug-likeness (QED) is 0.816. The van der Waals surface area contributed by atoms with Crippen molar-refractivity contribution < 1.29 is 14.6 Å². The number of fused-ring (bicyclic) bond motifs is 1. The Morgan fingerprint density at radius 1 is 1.33 bits per heavy atom. The molecule has 0 bridgehead atoms. The molecule has 1 N–H and O–H groups in total. The summed E-state index contributed by atoms with van der Waals surface area (Å²) in [7, 11) is 0. The number of benzene rings is 1. The summed E-state index contributed by atoms with van der Waals surface area (Å²) in [5, 5.41) is 9.97. The number of allylic oxidation sites excluding steroid dienone is 1. The summed E-state index contributed by atoms with van der Waals surface area (Å²) in [4.78, 5) is 12.0. The van der Waals surface area contributed by atoms with E-state index in [1.54, 1.807) is 6.92 Å². The SMILES string of the molecule is CCOC(=O)C1=C(O)CCc2c(C)cc(C)cc21. The molecule has 1 aromatic carbocycles. The third kappa shape index (κ3) is 2.13. The summed E-state index contributed by atoms with van der Waals surface area (Å²) >= 11 is 0. The number of carbonyl (C=O) groups excluding carboxylic acids is 1. The van der Waals surface area contributed by atoms with Crippen molar-refractivity contribution in [3.63, 3.8) is 0 Å². The molecular formula is C15H18O3. The number of rotatable bonds is 2. The molecule has 0 aliphatic heterocycles. The third-order valence-corrected chi connectivity index (χ3v) is 3.27. The normalized spacial score (nSPS) is 14.4. The number of hydrogen-bond donors (Lipinski definition) is 1. The molecule has 2 rings (SSSR count). The molecule has 0 unspecified atom stereocenters.